The van der Waals surface area contributed by atoms with Gasteiger partial charge in [-0.1, -0.05) is 41.9 Å². The number of benzene rings is 3. The van der Waals surface area contributed by atoms with Crippen LogP contribution in [0.15, 0.2) is 89.9 Å². The predicted octanol–water partition coefficient (Wildman–Crippen LogP) is 7.14. The maximum atomic E-state index is 14.8. The fourth-order valence-electron chi connectivity index (χ4n) is 4.47. The van der Waals surface area contributed by atoms with Gasteiger partial charge >= 0.3 is 6.03 Å². The molecule has 41 heavy (non-hydrogen) atoms. The topological polar surface area (TPSA) is 97.3 Å². The van der Waals surface area contributed by atoms with Gasteiger partial charge in [-0.25, -0.2) is 14.2 Å². The highest BCUT2D eigenvalue weighted by Crippen LogP contribution is 2.33. The van der Waals surface area contributed by atoms with Crippen molar-refractivity contribution < 1.29 is 13.9 Å². The van der Waals surface area contributed by atoms with Crippen LogP contribution in [-0.2, 0) is 13.1 Å². The third-order valence-corrected chi connectivity index (χ3v) is 6.87. The van der Waals surface area contributed by atoms with Crippen molar-refractivity contribution in [3.8, 4) is 16.9 Å². The van der Waals surface area contributed by atoms with Gasteiger partial charge in [-0.05, 0) is 55.0 Å². The van der Waals surface area contributed by atoms with Crippen LogP contribution in [0.2, 0.25) is 5.02 Å². The van der Waals surface area contributed by atoms with Crippen molar-refractivity contribution in [2.45, 2.75) is 20.0 Å². The van der Waals surface area contributed by atoms with E-state index in [2.05, 4.69) is 20.9 Å². The molecule has 5 aromatic rings. The molecule has 0 atom stereocenters. The summed E-state index contributed by atoms with van der Waals surface area (Å²) < 4.78 is 21.6. The van der Waals surface area contributed by atoms with E-state index in [1.54, 1.807) is 48.2 Å². The normalized spacial score (nSPS) is 10.8. The van der Waals surface area contributed by atoms with Crippen LogP contribution in [0.1, 0.15) is 12.5 Å². The number of amides is 2. The van der Waals surface area contributed by atoms with E-state index in [4.69, 9.17) is 16.3 Å². The number of para-hydroxylation sites is 1. The van der Waals surface area contributed by atoms with Crippen LogP contribution in [-0.4, -0.2) is 22.7 Å². The quantitative estimate of drug-likeness (QED) is 0.184. The molecule has 0 saturated carbocycles. The molecular formula is C31H27ClFN5O3. The maximum absolute atomic E-state index is 14.8. The molecule has 0 unspecified atom stereocenters. The Hall–Kier alpha value is -4.89. The third kappa shape index (κ3) is 6.15. The smallest absolute Gasteiger partial charge is 0.323 e. The molecule has 0 spiro atoms. The summed E-state index contributed by atoms with van der Waals surface area (Å²) in [7, 11) is 1.62. The van der Waals surface area contributed by atoms with Gasteiger partial charge in [0.2, 0.25) is 0 Å². The van der Waals surface area contributed by atoms with Crippen LogP contribution < -0.4 is 26.2 Å². The Labute approximate surface area is 240 Å². The van der Waals surface area contributed by atoms with E-state index in [1.807, 2.05) is 43.3 Å². The number of urea groups is 1. The van der Waals surface area contributed by atoms with Gasteiger partial charge in [-0.2, -0.15) is 0 Å². The van der Waals surface area contributed by atoms with Crippen molar-refractivity contribution in [2.24, 2.45) is 0 Å². The molecule has 0 fully saturated rings. The van der Waals surface area contributed by atoms with E-state index in [-0.39, 0.29) is 21.8 Å². The van der Waals surface area contributed by atoms with E-state index in [9.17, 15) is 14.0 Å². The van der Waals surface area contributed by atoms with Gasteiger partial charge in [0, 0.05) is 47.6 Å². The molecule has 2 amide bonds. The van der Waals surface area contributed by atoms with Crippen molar-refractivity contribution >= 4 is 45.7 Å². The van der Waals surface area contributed by atoms with E-state index >= 15 is 0 Å². The van der Waals surface area contributed by atoms with Gasteiger partial charge in [-0.3, -0.25) is 4.79 Å². The number of carbonyl (C=O) groups excluding carboxylic acids is 1. The van der Waals surface area contributed by atoms with Crippen LogP contribution >= 0.6 is 11.6 Å². The first-order valence-electron chi connectivity index (χ1n) is 12.9. The fourth-order valence-corrected chi connectivity index (χ4v) is 4.72. The van der Waals surface area contributed by atoms with Crippen LogP contribution in [0.4, 0.5) is 26.4 Å². The number of nitrogens with zero attached hydrogens (tertiary/aromatic N) is 2. The van der Waals surface area contributed by atoms with Gasteiger partial charge < -0.3 is 25.3 Å². The SMILES string of the molecule is CCn1c(=O)c(-c2cc(NC(=O)Nc3ccccc3)c(F)cc2Cl)cc2cnc(NCc3ccc(OC)cc3)cc21. The van der Waals surface area contributed by atoms with Crippen LogP contribution in [0, 0.1) is 5.82 Å². The molecule has 0 saturated heterocycles. The first-order valence-corrected chi connectivity index (χ1v) is 13.3. The zero-order valence-corrected chi connectivity index (χ0v) is 23.1. The second-order valence-corrected chi connectivity index (χ2v) is 9.60. The summed E-state index contributed by atoms with van der Waals surface area (Å²) in [5, 5.41) is 9.18. The average Bonchev–Trinajstić information content (AvgIpc) is 2.98. The van der Waals surface area contributed by atoms with Crippen molar-refractivity contribution in [1.82, 2.24) is 9.55 Å². The second kappa shape index (κ2) is 12.1. The van der Waals surface area contributed by atoms with Gasteiger partial charge in [0.1, 0.15) is 17.4 Å². The minimum Gasteiger partial charge on any atom is -0.497 e. The monoisotopic (exact) mass is 571 g/mol. The van der Waals surface area contributed by atoms with E-state index in [1.165, 1.54) is 6.07 Å². The highest BCUT2D eigenvalue weighted by molar-refractivity contribution is 6.33. The molecule has 2 aromatic heterocycles. The number of aryl methyl sites for hydroxylation is 1. The zero-order chi connectivity index (χ0) is 28.9. The molecule has 3 N–H and O–H groups in total. The first kappa shape index (κ1) is 27.7. The molecule has 0 aliphatic heterocycles. The highest BCUT2D eigenvalue weighted by Gasteiger charge is 2.18. The van der Waals surface area contributed by atoms with E-state index < -0.39 is 11.8 Å². The Morgan fingerprint density at radius 2 is 1.76 bits per heavy atom. The highest BCUT2D eigenvalue weighted by atomic mass is 35.5. The van der Waals surface area contributed by atoms with Crippen molar-refractivity contribution in [2.75, 3.05) is 23.1 Å². The largest absolute Gasteiger partial charge is 0.497 e. The number of nitrogens with one attached hydrogen (secondary N) is 3. The number of ether oxygens (including phenoxy) is 1. The van der Waals surface area contributed by atoms with E-state index in [0.29, 0.717) is 41.1 Å². The van der Waals surface area contributed by atoms with Crippen molar-refractivity contribution in [3.05, 3.63) is 112 Å². The lowest BCUT2D eigenvalue weighted by Crippen LogP contribution is -2.22. The number of carbonyl (C=O) groups is 1. The molecule has 2 heterocycles. The Bertz CT molecular complexity index is 1780. The summed E-state index contributed by atoms with van der Waals surface area (Å²) in [5.74, 6) is 0.658. The van der Waals surface area contributed by atoms with Crippen molar-refractivity contribution in [1.29, 1.82) is 0 Å². The van der Waals surface area contributed by atoms with Gasteiger partial charge in [0.25, 0.3) is 5.56 Å². The summed E-state index contributed by atoms with van der Waals surface area (Å²) in [6, 6.07) is 21.8. The van der Waals surface area contributed by atoms with Gasteiger partial charge in [0.05, 0.1) is 23.3 Å². The second-order valence-electron chi connectivity index (χ2n) is 9.19. The lowest BCUT2D eigenvalue weighted by molar-refractivity contribution is 0.262. The number of anilines is 3. The molecular weight excluding hydrogens is 545 g/mol. The molecule has 208 valence electrons. The molecule has 8 nitrogen and oxygen atoms in total. The molecule has 0 bridgehead atoms. The number of rotatable bonds is 8. The Balaban J connectivity index is 1.45. The van der Waals surface area contributed by atoms with Gasteiger partial charge in [0.15, 0.2) is 0 Å². The molecule has 5 rings (SSSR count). The summed E-state index contributed by atoms with van der Waals surface area (Å²) in [5.41, 5.74) is 2.41. The third-order valence-electron chi connectivity index (χ3n) is 6.55. The first-order chi connectivity index (χ1) is 19.9. The van der Waals surface area contributed by atoms with Gasteiger partial charge in [-0.15, -0.1) is 0 Å². The zero-order valence-electron chi connectivity index (χ0n) is 22.4. The summed E-state index contributed by atoms with van der Waals surface area (Å²) in [6.07, 6.45) is 1.67. The number of hydrogen-bond acceptors (Lipinski definition) is 5. The van der Waals surface area contributed by atoms with Crippen molar-refractivity contribution in [3.63, 3.8) is 0 Å². The van der Waals surface area contributed by atoms with Crippen LogP contribution in [0.5, 0.6) is 5.75 Å². The van der Waals surface area contributed by atoms with Crippen LogP contribution in [0.3, 0.4) is 0 Å². The summed E-state index contributed by atoms with van der Waals surface area (Å²) >= 11 is 6.41. The number of aromatic nitrogens is 2. The average molecular weight is 572 g/mol. The predicted molar refractivity (Wildman–Crippen MR) is 161 cm³/mol. The lowest BCUT2D eigenvalue weighted by Gasteiger charge is -2.15. The molecule has 0 radical (unpaired) electrons. The lowest BCUT2D eigenvalue weighted by atomic mass is 10.0. The molecule has 10 heteroatoms. The standard InChI is InChI=1S/C31H27ClFN5O3/c1-3-38-28-16-29(34-17-19-9-11-22(41-2)12-10-19)35-18-20(28)13-24(30(38)39)23-14-27(26(33)15-25(23)32)37-31(40)36-21-7-5-4-6-8-21/h4-16,18H,3,17H2,1-2H3,(H,34,35)(H2,36,37,40). The van der Waals surface area contributed by atoms with E-state index in [0.717, 1.165) is 17.4 Å². The maximum Gasteiger partial charge on any atom is 0.323 e. The number of pyridine rings is 2. The minimum absolute atomic E-state index is 0.0429. The molecule has 0 aliphatic rings. The Morgan fingerprint density at radius 3 is 2.46 bits per heavy atom. The number of halogens is 2. The summed E-state index contributed by atoms with van der Waals surface area (Å²) in [6.45, 7) is 2.78. The fraction of sp³-hybridized carbons (Fsp3) is 0.129. The molecule has 0 aliphatic carbocycles. The number of fused-ring (bicyclic) bond motifs is 1. The molecule has 3 aromatic carbocycles. The minimum atomic E-state index is -0.729. The Kier molecular flexibility index (Phi) is 8.16. The Morgan fingerprint density at radius 1 is 1.00 bits per heavy atom. The number of hydrogen-bond donors (Lipinski definition) is 3. The van der Waals surface area contributed by atoms with Crippen LogP contribution in [0.25, 0.3) is 22.0 Å². The summed E-state index contributed by atoms with van der Waals surface area (Å²) in [4.78, 5) is 30.7. The number of methoxy groups -OCH3 is 1.